The molecule has 0 spiro atoms. The molecule has 1 N–H and O–H groups in total. The van der Waals surface area contributed by atoms with Gasteiger partial charge in [-0.3, -0.25) is 4.79 Å². The van der Waals surface area contributed by atoms with Crippen LogP contribution in [0, 0.1) is 0 Å². The van der Waals surface area contributed by atoms with Crippen molar-refractivity contribution < 1.29 is 9.53 Å². The van der Waals surface area contributed by atoms with Crippen molar-refractivity contribution in [3.8, 4) is 5.75 Å². The van der Waals surface area contributed by atoms with Crippen LogP contribution in [0.1, 0.15) is 44.0 Å². The molecule has 0 saturated heterocycles. The third-order valence-electron chi connectivity index (χ3n) is 2.39. The number of ether oxygens (including phenoxy) is 1. The minimum absolute atomic E-state index is 0.200. The van der Waals surface area contributed by atoms with E-state index in [0.29, 0.717) is 12.2 Å². The van der Waals surface area contributed by atoms with Crippen LogP contribution in [0.25, 0.3) is 0 Å². The van der Waals surface area contributed by atoms with Crippen molar-refractivity contribution in [2.45, 2.75) is 33.6 Å². The fourth-order valence-electron chi connectivity index (χ4n) is 1.50. The summed E-state index contributed by atoms with van der Waals surface area (Å²) >= 11 is 0. The fourth-order valence-corrected chi connectivity index (χ4v) is 1.50. The lowest BCUT2D eigenvalue weighted by Crippen LogP contribution is -2.18. The second-order valence-electron chi connectivity index (χ2n) is 4.00. The Bertz CT molecular complexity index is 410. The molecular formula is C14H20N2O2. The van der Waals surface area contributed by atoms with E-state index in [2.05, 4.69) is 17.5 Å². The molecule has 0 heterocycles. The van der Waals surface area contributed by atoms with Crippen molar-refractivity contribution in [1.82, 2.24) is 5.43 Å². The van der Waals surface area contributed by atoms with Gasteiger partial charge in [0.1, 0.15) is 5.75 Å². The Hall–Kier alpha value is -1.84. The summed E-state index contributed by atoms with van der Waals surface area (Å²) in [5.74, 6) is 0.563. The monoisotopic (exact) mass is 248 g/mol. The minimum atomic E-state index is -0.200. The number of rotatable bonds is 6. The lowest BCUT2D eigenvalue weighted by molar-refractivity contribution is 0.0954. The molecule has 0 aromatic heterocycles. The highest BCUT2D eigenvalue weighted by atomic mass is 16.5. The number of carbonyl (C=O) groups excluding carboxylic acids is 1. The molecule has 98 valence electrons. The SMILES string of the molecule is CCC/C(C)=N\NC(=O)c1ccc(OCC)cc1. The molecular weight excluding hydrogens is 228 g/mol. The van der Waals surface area contributed by atoms with Crippen LogP contribution in [-0.2, 0) is 0 Å². The van der Waals surface area contributed by atoms with E-state index in [-0.39, 0.29) is 5.91 Å². The Morgan fingerprint density at radius 1 is 1.28 bits per heavy atom. The maximum absolute atomic E-state index is 11.8. The van der Waals surface area contributed by atoms with Crippen LogP contribution >= 0.6 is 0 Å². The first-order valence-corrected chi connectivity index (χ1v) is 6.23. The first-order chi connectivity index (χ1) is 8.67. The Morgan fingerprint density at radius 2 is 1.94 bits per heavy atom. The van der Waals surface area contributed by atoms with Gasteiger partial charge in [-0.1, -0.05) is 13.3 Å². The summed E-state index contributed by atoms with van der Waals surface area (Å²) in [5, 5.41) is 4.03. The number of nitrogens with zero attached hydrogens (tertiary/aromatic N) is 1. The highest BCUT2D eigenvalue weighted by Crippen LogP contribution is 2.11. The molecule has 0 aliphatic rings. The third-order valence-corrected chi connectivity index (χ3v) is 2.39. The Morgan fingerprint density at radius 3 is 2.50 bits per heavy atom. The highest BCUT2D eigenvalue weighted by molar-refractivity contribution is 5.95. The molecule has 18 heavy (non-hydrogen) atoms. The maximum atomic E-state index is 11.8. The van der Waals surface area contributed by atoms with E-state index in [1.165, 1.54) is 0 Å². The Balaban J connectivity index is 2.59. The number of hydrogen-bond acceptors (Lipinski definition) is 3. The van der Waals surface area contributed by atoms with Crippen molar-refractivity contribution in [3.63, 3.8) is 0 Å². The Kier molecular flexibility index (Phi) is 5.91. The topological polar surface area (TPSA) is 50.7 Å². The molecule has 1 aromatic rings. The molecule has 0 aliphatic carbocycles. The highest BCUT2D eigenvalue weighted by Gasteiger charge is 2.04. The predicted octanol–water partition coefficient (Wildman–Crippen LogP) is 2.99. The number of benzene rings is 1. The average Bonchev–Trinajstić information content (AvgIpc) is 2.37. The van der Waals surface area contributed by atoms with Crippen LogP contribution in [0.4, 0.5) is 0 Å². The van der Waals surface area contributed by atoms with E-state index in [4.69, 9.17) is 4.74 Å². The first-order valence-electron chi connectivity index (χ1n) is 6.23. The number of carbonyl (C=O) groups is 1. The van der Waals surface area contributed by atoms with E-state index in [1.54, 1.807) is 24.3 Å². The van der Waals surface area contributed by atoms with Crippen LogP contribution in [-0.4, -0.2) is 18.2 Å². The van der Waals surface area contributed by atoms with E-state index >= 15 is 0 Å². The van der Waals surface area contributed by atoms with Crippen molar-refractivity contribution in [2.75, 3.05) is 6.61 Å². The number of nitrogens with one attached hydrogen (secondary N) is 1. The molecule has 0 fully saturated rings. The number of hydrazone groups is 1. The molecule has 1 aromatic carbocycles. The zero-order valence-corrected chi connectivity index (χ0v) is 11.2. The molecule has 0 unspecified atom stereocenters. The first kappa shape index (κ1) is 14.2. The van der Waals surface area contributed by atoms with E-state index < -0.39 is 0 Å². The quantitative estimate of drug-likeness (QED) is 0.621. The lowest BCUT2D eigenvalue weighted by atomic mass is 10.2. The lowest BCUT2D eigenvalue weighted by Gasteiger charge is -2.04. The number of hydrogen-bond donors (Lipinski definition) is 1. The van der Waals surface area contributed by atoms with Crippen LogP contribution in [0.5, 0.6) is 5.75 Å². The molecule has 1 amide bonds. The van der Waals surface area contributed by atoms with Crippen molar-refractivity contribution >= 4 is 11.6 Å². The molecule has 0 radical (unpaired) electrons. The second-order valence-corrected chi connectivity index (χ2v) is 4.00. The third kappa shape index (κ3) is 4.57. The van der Waals surface area contributed by atoms with Gasteiger partial charge in [-0.15, -0.1) is 0 Å². The maximum Gasteiger partial charge on any atom is 0.271 e. The Labute approximate surface area is 108 Å². The minimum Gasteiger partial charge on any atom is -0.494 e. The molecule has 1 rings (SSSR count). The smallest absolute Gasteiger partial charge is 0.271 e. The van der Waals surface area contributed by atoms with Gasteiger partial charge in [-0.05, 0) is 44.5 Å². The van der Waals surface area contributed by atoms with Gasteiger partial charge in [-0.2, -0.15) is 5.10 Å². The zero-order chi connectivity index (χ0) is 13.4. The zero-order valence-electron chi connectivity index (χ0n) is 11.2. The normalized spacial score (nSPS) is 11.2. The summed E-state index contributed by atoms with van der Waals surface area (Å²) in [7, 11) is 0. The summed E-state index contributed by atoms with van der Waals surface area (Å²) in [6.45, 7) is 6.52. The summed E-state index contributed by atoms with van der Waals surface area (Å²) in [6, 6.07) is 7.01. The van der Waals surface area contributed by atoms with Crippen LogP contribution in [0.3, 0.4) is 0 Å². The van der Waals surface area contributed by atoms with Gasteiger partial charge in [0.15, 0.2) is 0 Å². The van der Waals surface area contributed by atoms with Crippen LogP contribution in [0.15, 0.2) is 29.4 Å². The summed E-state index contributed by atoms with van der Waals surface area (Å²) in [4.78, 5) is 11.8. The molecule has 0 aliphatic heterocycles. The summed E-state index contributed by atoms with van der Waals surface area (Å²) in [6.07, 6.45) is 1.91. The summed E-state index contributed by atoms with van der Waals surface area (Å²) in [5.41, 5.74) is 4.05. The van der Waals surface area contributed by atoms with Crippen molar-refractivity contribution in [2.24, 2.45) is 5.10 Å². The fraction of sp³-hybridized carbons (Fsp3) is 0.429. The largest absolute Gasteiger partial charge is 0.494 e. The molecule has 0 bridgehead atoms. The predicted molar refractivity (Wildman–Crippen MR) is 73.1 cm³/mol. The standard InChI is InChI=1S/C14H20N2O2/c1-4-6-11(3)15-16-14(17)12-7-9-13(10-8-12)18-5-2/h7-10H,4-6H2,1-3H3,(H,16,17)/b15-11-. The van der Waals surface area contributed by atoms with Crippen molar-refractivity contribution in [1.29, 1.82) is 0 Å². The van der Waals surface area contributed by atoms with Gasteiger partial charge in [0, 0.05) is 11.3 Å². The average molecular weight is 248 g/mol. The van der Waals surface area contributed by atoms with Gasteiger partial charge in [0.25, 0.3) is 5.91 Å². The van der Waals surface area contributed by atoms with Crippen molar-refractivity contribution in [3.05, 3.63) is 29.8 Å². The molecule has 0 saturated carbocycles. The van der Waals surface area contributed by atoms with Gasteiger partial charge < -0.3 is 4.74 Å². The van der Waals surface area contributed by atoms with E-state index in [1.807, 2.05) is 13.8 Å². The molecule has 4 heteroatoms. The van der Waals surface area contributed by atoms with Gasteiger partial charge >= 0.3 is 0 Å². The van der Waals surface area contributed by atoms with Gasteiger partial charge in [-0.25, -0.2) is 5.43 Å². The van der Waals surface area contributed by atoms with E-state index in [9.17, 15) is 4.79 Å². The molecule has 4 nitrogen and oxygen atoms in total. The molecule has 0 atom stereocenters. The number of amides is 1. The van der Waals surface area contributed by atoms with Crippen LogP contribution < -0.4 is 10.2 Å². The van der Waals surface area contributed by atoms with E-state index in [0.717, 1.165) is 24.3 Å². The summed E-state index contributed by atoms with van der Waals surface area (Å²) < 4.78 is 5.31. The van der Waals surface area contributed by atoms with Gasteiger partial charge in [0.2, 0.25) is 0 Å². The second kappa shape index (κ2) is 7.48. The van der Waals surface area contributed by atoms with Crippen LogP contribution in [0.2, 0.25) is 0 Å². The van der Waals surface area contributed by atoms with Gasteiger partial charge in [0.05, 0.1) is 6.61 Å².